The van der Waals surface area contributed by atoms with E-state index in [1.165, 1.54) is 0 Å². The molecule has 1 heterocycles. The summed E-state index contributed by atoms with van der Waals surface area (Å²) in [6.45, 7) is 9.02. The Bertz CT molecular complexity index is 638. The van der Waals surface area contributed by atoms with Crippen molar-refractivity contribution in [2.75, 3.05) is 13.2 Å². The lowest BCUT2D eigenvalue weighted by molar-refractivity contribution is -0.149. The van der Waals surface area contributed by atoms with Gasteiger partial charge in [0.2, 0.25) is 0 Å². The van der Waals surface area contributed by atoms with Crippen LogP contribution in [0, 0.1) is 12.8 Å². The van der Waals surface area contributed by atoms with Crippen LogP contribution in [0.5, 0.6) is 0 Å². The van der Waals surface area contributed by atoms with Crippen LogP contribution in [-0.4, -0.2) is 45.9 Å². The molecule has 1 aromatic heterocycles. The van der Waals surface area contributed by atoms with E-state index in [-0.39, 0.29) is 41.9 Å². The zero-order valence-electron chi connectivity index (χ0n) is 16.4. The van der Waals surface area contributed by atoms with Gasteiger partial charge in [-0.2, -0.15) is 0 Å². The van der Waals surface area contributed by atoms with Crippen LogP contribution >= 0.6 is 24.0 Å². The molecule has 1 fully saturated rings. The molecule has 0 aliphatic heterocycles. The first-order valence-electron chi connectivity index (χ1n) is 9.22. The summed E-state index contributed by atoms with van der Waals surface area (Å²) in [5.74, 6) is 2.36. The highest BCUT2D eigenvalue weighted by Gasteiger charge is 2.27. The first kappa shape index (κ1) is 23.4. The highest BCUT2D eigenvalue weighted by Crippen LogP contribution is 2.25. The largest absolute Gasteiger partial charge is 0.466 e. The van der Waals surface area contributed by atoms with Crippen molar-refractivity contribution in [1.82, 2.24) is 25.4 Å². The van der Waals surface area contributed by atoms with Crippen molar-refractivity contribution in [3.63, 3.8) is 0 Å². The first-order chi connectivity index (χ1) is 12.5. The second kappa shape index (κ2) is 11.9. The molecule has 1 aliphatic carbocycles. The molecule has 9 heteroatoms. The van der Waals surface area contributed by atoms with Gasteiger partial charge in [-0.3, -0.25) is 4.79 Å². The third kappa shape index (κ3) is 7.11. The lowest BCUT2D eigenvalue weighted by atomic mass is 9.86. The maximum absolute atomic E-state index is 11.9. The van der Waals surface area contributed by atoms with Crippen molar-refractivity contribution >= 4 is 35.9 Å². The summed E-state index contributed by atoms with van der Waals surface area (Å²) < 4.78 is 7.06. The first-order valence-corrected chi connectivity index (χ1v) is 9.22. The summed E-state index contributed by atoms with van der Waals surface area (Å²) >= 11 is 0. The van der Waals surface area contributed by atoms with Crippen molar-refractivity contribution in [2.45, 2.75) is 52.1 Å². The number of nitrogens with one attached hydrogen (secondary N) is 2. The normalized spacial score (nSPS) is 19.7. The Morgan fingerprint density at radius 2 is 2.07 bits per heavy atom. The smallest absolute Gasteiger partial charge is 0.308 e. The molecular formula is C18H31IN6O2. The number of halogens is 1. The number of ether oxygens (including phenoxy) is 1. The van der Waals surface area contributed by atoms with Crippen LogP contribution in [0.15, 0.2) is 17.6 Å². The van der Waals surface area contributed by atoms with Gasteiger partial charge in [-0.25, -0.2) is 4.99 Å². The van der Waals surface area contributed by atoms with Gasteiger partial charge in [-0.1, -0.05) is 6.08 Å². The van der Waals surface area contributed by atoms with Crippen LogP contribution in [0.1, 0.15) is 44.3 Å². The van der Waals surface area contributed by atoms with Crippen LogP contribution in [0.25, 0.3) is 0 Å². The number of carbonyl (C=O) groups is 1. The summed E-state index contributed by atoms with van der Waals surface area (Å²) in [4.78, 5) is 16.5. The molecule has 0 radical (unpaired) electrons. The van der Waals surface area contributed by atoms with Crippen molar-refractivity contribution < 1.29 is 9.53 Å². The number of esters is 1. The number of hydrogen-bond donors (Lipinski definition) is 2. The second-order valence-electron chi connectivity index (χ2n) is 6.50. The molecule has 1 aromatic rings. The van der Waals surface area contributed by atoms with Crippen LogP contribution < -0.4 is 10.6 Å². The Kier molecular flexibility index (Phi) is 10.3. The van der Waals surface area contributed by atoms with Crippen molar-refractivity contribution in [2.24, 2.45) is 18.0 Å². The monoisotopic (exact) mass is 490 g/mol. The molecule has 8 nitrogen and oxygen atoms in total. The van der Waals surface area contributed by atoms with Crippen LogP contribution in [0.3, 0.4) is 0 Å². The Hall–Kier alpha value is -1.65. The van der Waals surface area contributed by atoms with Gasteiger partial charge < -0.3 is 19.9 Å². The highest BCUT2D eigenvalue weighted by molar-refractivity contribution is 14.0. The van der Waals surface area contributed by atoms with Crippen molar-refractivity contribution in [1.29, 1.82) is 0 Å². The standard InChI is InChI=1S/C18H30N6O2.HI/c1-5-11-19-18(20-12-16-23-22-13(3)24(16)4)21-15-9-7-14(8-10-15)17(25)26-6-2;/h5,14-15H,1,6-12H2,2-4H3,(H2,19,20,21);1H. The Labute approximate surface area is 178 Å². The molecule has 0 unspecified atom stereocenters. The third-order valence-electron chi connectivity index (χ3n) is 4.66. The molecule has 0 aromatic carbocycles. The molecule has 1 aliphatic rings. The van der Waals surface area contributed by atoms with Gasteiger partial charge in [0.1, 0.15) is 12.4 Å². The molecule has 0 bridgehead atoms. The number of carbonyl (C=O) groups excluding carboxylic acids is 1. The molecule has 152 valence electrons. The predicted molar refractivity (Wildman–Crippen MR) is 116 cm³/mol. The van der Waals surface area contributed by atoms with E-state index in [0.29, 0.717) is 19.7 Å². The van der Waals surface area contributed by atoms with Gasteiger partial charge in [-0.05, 0) is 39.5 Å². The van der Waals surface area contributed by atoms with Crippen LogP contribution in [0.2, 0.25) is 0 Å². The van der Waals surface area contributed by atoms with Crippen molar-refractivity contribution in [3.05, 3.63) is 24.3 Å². The molecule has 1 saturated carbocycles. The molecule has 0 saturated heterocycles. The number of nitrogens with zero attached hydrogens (tertiary/aromatic N) is 4. The molecule has 0 spiro atoms. The lowest BCUT2D eigenvalue weighted by Crippen LogP contribution is -2.45. The summed E-state index contributed by atoms with van der Waals surface area (Å²) in [5, 5.41) is 14.9. The van der Waals surface area contributed by atoms with Gasteiger partial charge in [0.25, 0.3) is 0 Å². The van der Waals surface area contributed by atoms with E-state index in [2.05, 4.69) is 32.4 Å². The minimum atomic E-state index is -0.0673. The summed E-state index contributed by atoms with van der Waals surface area (Å²) in [6, 6.07) is 0.290. The molecule has 2 N–H and O–H groups in total. The quantitative estimate of drug-likeness (QED) is 0.200. The van der Waals surface area contributed by atoms with Crippen LogP contribution in [0.4, 0.5) is 0 Å². The topological polar surface area (TPSA) is 93.4 Å². The summed E-state index contributed by atoms with van der Waals surface area (Å²) in [7, 11) is 1.93. The number of aliphatic imine (C=N–C) groups is 1. The number of guanidine groups is 1. The lowest BCUT2D eigenvalue weighted by Gasteiger charge is -2.29. The van der Waals surface area contributed by atoms with E-state index in [0.717, 1.165) is 43.3 Å². The van der Waals surface area contributed by atoms with E-state index in [1.807, 2.05) is 25.5 Å². The van der Waals surface area contributed by atoms with Gasteiger partial charge in [0, 0.05) is 19.6 Å². The van der Waals surface area contributed by atoms with E-state index in [1.54, 1.807) is 6.08 Å². The highest BCUT2D eigenvalue weighted by atomic mass is 127. The van der Waals surface area contributed by atoms with E-state index >= 15 is 0 Å². The fourth-order valence-corrected chi connectivity index (χ4v) is 2.99. The van der Waals surface area contributed by atoms with E-state index < -0.39 is 0 Å². The third-order valence-corrected chi connectivity index (χ3v) is 4.66. The molecule has 2 rings (SSSR count). The van der Waals surface area contributed by atoms with Crippen molar-refractivity contribution in [3.8, 4) is 0 Å². The fourth-order valence-electron chi connectivity index (χ4n) is 2.99. The van der Waals surface area contributed by atoms with Crippen LogP contribution in [-0.2, 0) is 23.1 Å². The predicted octanol–water partition coefficient (Wildman–Crippen LogP) is 2.08. The number of aromatic nitrogens is 3. The summed E-state index contributed by atoms with van der Waals surface area (Å²) in [5.41, 5.74) is 0. The maximum Gasteiger partial charge on any atom is 0.308 e. The average molecular weight is 490 g/mol. The SMILES string of the molecule is C=CCNC(=NCc1nnc(C)n1C)NC1CCC(C(=O)OCC)CC1.I. The Balaban J connectivity index is 0.00000364. The summed E-state index contributed by atoms with van der Waals surface area (Å²) in [6.07, 6.45) is 5.31. The van der Waals surface area contributed by atoms with Gasteiger partial charge in [0.15, 0.2) is 11.8 Å². The zero-order valence-corrected chi connectivity index (χ0v) is 18.7. The maximum atomic E-state index is 11.9. The number of aryl methyl sites for hydroxylation is 1. The minimum absolute atomic E-state index is 0. The van der Waals surface area contributed by atoms with Gasteiger partial charge in [0.05, 0.1) is 12.5 Å². The molecular weight excluding hydrogens is 459 g/mol. The number of rotatable bonds is 7. The number of hydrogen-bond acceptors (Lipinski definition) is 5. The van der Waals surface area contributed by atoms with Gasteiger partial charge >= 0.3 is 5.97 Å². The average Bonchev–Trinajstić information content (AvgIpc) is 2.96. The fraction of sp³-hybridized carbons (Fsp3) is 0.667. The Morgan fingerprint density at radius 3 is 2.63 bits per heavy atom. The Morgan fingerprint density at radius 1 is 1.37 bits per heavy atom. The van der Waals surface area contributed by atoms with E-state index in [9.17, 15) is 4.79 Å². The van der Waals surface area contributed by atoms with E-state index in [4.69, 9.17) is 4.74 Å². The minimum Gasteiger partial charge on any atom is -0.466 e. The second-order valence-corrected chi connectivity index (χ2v) is 6.50. The molecule has 0 amide bonds. The van der Waals surface area contributed by atoms with Gasteiger partial charge in [-0.15, -0.1) is 40.8 Å². The zero-order chi connectivity index (χ0) is 18.9. The molecule has 0 atom stereocenters. The molecule has 27 heavy (non-hydrogen) atoms.